The van der Waals surface area contributed by atoms with Crippen LogP contribution in [0.5, 0.6) is 0 Å². The molecule has 2 aromatic carbocycles. The van der Waals surface area contributed by atoms with Crippen LogP contribution in [0.3, 0.4) is 0 Å². The van der Waals surface area contributed by atoms with E-state index in [2.05, 4.69) is 25.5 Å². The zero-order valence-electron chi connectivity index (χ0n) is 26.3. The summed E-state index contributed by atoms with van der Waals surface area (Å²) in [7, 11) is 4.01. The van der Waals surface area contributed by atoms with Gasteiger partial charge < -0.3 is 20.4 Å². The van der Waals surface area contributed by atoms with Crippen LogP contribution in [0.15, 0.2) is 48.7 Å². The highest BCUT2D eigenvalue weighted by Crippen LogP contribution is 2.40. The number of nitrogens with zero attached hydrogens (tertiary/aromatic N) is 4. The van der Waals surface area contributed by atoms with Crippen LogP contribution in [-0.2, 0) is 34.0 Å². The summed E-state index contributed by atoms with van der Waals surface area (Å²) in [6.07, 6.45) is -0.234. The third kappa shape index (κ3) is 7.46. The molecular weight excluding hydrogens is 581 g/mol. The molecule has 1 saturated heterocycles. The molecule has 0 radical (unpaired) electrons. The zero-order valence-corrected chi connectivity index (χ0v) is 26.3. The Morgan fingerprint density at radius 3 is 2.47 bits per heavy atom. The lowest BCUT2D eigenvalue weighted by molar-refractivity contribution is -0.138. The number of nitrogens with one attached hydrogen (secondary N) is 2. The number of anilines is 3. The van der Waals surface area contributed by atoms with E-state index in [1.165, 1.54) is 5.56 Å². The fourth-order valence-electron chi connectivity index (χ4n) is 6.34. The molecule has 2 aliphatic rings. The minimum Gasteiger partial charge on any atom is -0.343 e. The number of carbonyl (C=O) groups is 2. The van der Waals surface area contributed by atoms with E-state index in [4.69, 9.17) is 0 Å². The predicted molar refractivity (Wildman–Crippen MR) is 169 cm³/mol. The van der Waals surface area contributed by atoms with Crippen LogP contribution in [0, 0.1) is 0 Å². The van der Waals surface area contributed by atoms with Crippen LogP contribution in [0.25, 0.3) is 0 Å². The highest BCUT2D eigenvalue weighted by atomic mass is 19.4. The number of benzene rings is 2. The number of likely N-dealkylation sites (tertiary alicyclic amines) is 1. The van der Waals surface area contributed by atoms with Crippen LogP contribution in [0.1, 0.15) is 73.4 Å². The number of halogens is 3. The molecule has 0 bridgehead atoms. The second-order valence-electron chi connectivity index (χ2n) is 12.8. The predicted octanol–water partition coefficient (Wildman–Crippen LogP) is 6.30. The number of carbonyl (C=O) groups excluding carboxylic acids is 2. The molecule has 240 valence electrons. The fraction of sp³-hybridized carbons (Fsp3) is 0.471. The number of piperidine rings is 1. The molecular formula is C34H41F3N6O2. The first-order valence-electron chi connectivity index (χ1n) is 15.5. The molecule has 0 unspecified atom stereocenters. The standard InChI is InChI=1S/C34H41F3N6O2/c1-33(2)30-24(7-5-8-28(30)40-31(33)45)12-15-27-26(34(35,36)37)21-38-32(41-27)39-25-13-10-22(11-14-25)23-16-19-43(20-17-23)29(44)9-6-18-42(3)4/h5,7-8,10-11,13-14,21,23H,6,9,12,15-20H2,1-4H3,(H,40,45)(H,38,39,41). The Hall–Kier alpha value is -3.99. The molecule has 0 aliphatic carbocycles. The van der Waals surface area contributed by atoms with Crippen LogP contribution in [0.4, 0.5) is 30.5 Å². The van der Waals surface area contributed by atoms with Gasteiger partial charge in [-0.25, -0.2) is 9.97 Å². The van der Waals surface area contributed by atoms with Gasteiger partial charge in [-0.3, -0.25) is 9.59 Å². The minimum atomic E-state index is -4.60. The minimum absolute atomic E-state index is 0.0303. The molecule has 2 amide bonds. The maximum atomic E-state index is 13.9. The first kappa shape index (κ1) is 32.4. The van der Waals surface area contributed by atoms with Gasteiger partial charge in [0, 0.05) is 37.1 Å². The molecule has 8 nitrogen and oxygen atoms in total. The normalized spacial score (nSPS) is 16.5. The summed E-state index contributed by atoms with van der Waals surface area (Å²) >= 11 is 0. The number of aryl methyl sites for hydroxylation is 2. The number of hydrogen-bond acceptors (Lipinski definition) is 6. The van der Waals surface area contributed by atoms with Crippen molar-refractivity contribution < 1.29 is 22.8 Å². The smallest absolute Gasteiger partial charge is 0.343 e. The van der Waals surface area contributed by atoms with E-state index in [9.17, 15) is 22.8 Å². The average molecular weight is 623 g/mol. The fourth-order valence-corrected chi connectivity index (χ4v) is 6.34. The van der Waals surface area contributed by atoms with Gasteiger partial charge in [0.15, 0.2) is 0 Å². The van der Waals surface area contributed by atoms with Crippen LogP contribution < -0.4 is 10.6 Å². The van der Waals surface area contributed by atoms with Crippen molar-refractivity contribution >= 4 is 29.1 Å². The van der Waals surface area contributed by atoms with E-state index < -0.39 is 17.2 Å². The van der Waals surface area contributed by atoms with Crippen LogP contribution >= 0.6 is 0 Å². The van der Waals surface area contributed by atoms with Crippen molar-refractivity contribution in [1.29, 1.82) is 0 Å². The van der Waals surface area contributed by atoms with Gasteiger partial charge in [0.1, 0.15) is 0 Å². The Morgan fingerprint density at radius 2 is 1.80 bits per heavy atom. The second kappa shape index (κ2) is 13.2. The lowest BCUT2D eigenvalue weighted by Gasteiger charge is -2.32. The third-order valence-corrected chi connectivity index (χ3v) is 8.88. The third-order valence-electron chi connectivity index (χ3n) is 8.88. The van der Waals surface area contributed by atoms with Crippen molar-refractivity contribution in [3.63, 3.8) is 0 Å². The Morgan fingerprint density at radius 1 is 1.09 bits per heavy atom. The van der Waals surface area contributed by atoms with Gasteiger partial charge in [0.2, 0.25) is 17.8 Å². The monoisotopic (exact) mass is 622 g/mol. The molecule has 2 aliphatic heterocycles. The summed E-state index contributed by atoms with van der Waals surface area (Å²) in [5.41, 5.74) is 2.41. The van der Waals surface area contributed by atoms with Gasteiger partial charge >= 0.3 is 6.18 Å². The van der Waals surface area contributed by atoms with Gasteiger partial charge in [-0.05, 0) is 107 Å². The Bertz CT molecular complexity index is 1530. The number of fused-ring (bicyclic) bond motifs is 1. The molecule has 2 N–H and O–H groups in total. The maximum absolute atomic E-state index is 13.9. The van der Waals surface area contributed by atoms with Crippen molar-refractivity contribution in [3.05, 3.63) is 76.6 Å². The summed E-state index contributed by atoms with van der Waals surface area (Å²) in [4.78, 5) is 37.3. The van der Waals surface area contributed by atoms with E-state index in [-0.39, 0.29) is 36.3 Å². The van der Waals surface area contributed by atoms with Gasteiger partial charge in [-0.1, -0.05) is 24.3 Å². The molecule has 0 spiro atoms. The van der Waals surface area contributed by atoms with Crippen molar-refractivity contribution in [2.24, 2.45) is 0 Å². The first-order valence-corrected chi connectivity index (χ1v) is 15.5. The van der Waals surface area contributed by atoms with Crippen LogP contribution in [0.2, 0.25) is 0 Å². The Labute approximate surface area is 262 Å². The number of rotatable bonds is 10. The molecule has 45 heavy (non-hydrogen) atoms. The Kier molecular flexibility index (Phi) is 9.48. The summed E-state index contributed by atoms with van der Waals surface area (Å²) in [6.45, 7) is 6.01. The first-order chi connectivity index (χ1) is 21.3. The lowest BCUT2D eigenvalue weighted by atomic mass is 9.82. The van der Waals surface area contributed by atoms with E-state index >= 15 is 0 Å². The highest BCUT2D eigenvalue weighted by Gasteiger charge is 2.40. The van der Waals surface area contributed by atoms with E-state index in [1.807, 2.05) is 69.2 Å². The molecule has 0 atom stereocenters. The van der Waals surface area contributed by atoms with Gasteiger partial charge in [0.05, 0.1) is 16.7 Å². The molecule has 0 saturated carbocycles. The topological polar surface area (TPSA) is 90.5 Å². The largest absolute Gasteiger partial charge is 0.419 e. The van der Waals surface area contributed by atoms with E-state index in [0.29, 0.717) is 23.7 Å². The maximum Gasteiger partial charge on any atom is 0.419 e. The molecule has 3 aromatic rings. The number of hydrogen-bond donors (Lipinski definition) is 2. The van der Waals surface area contributed by atoms with Crippen molar-refractivity contribution in [2.45, 2.75) is 69.9 Å². The molecule has 1 aromatic heterocycles. The highest BCUT2D eigenvalue weighted by molar-refractivity contribution is 6.06. The zero-order chi connectivity index (χ0) is 32.4. The molecule has 5 rings (SSSR count). The summed E-state index contributed by atoms with van der Waals surface area (Å²) < 4.78 is 41.8. The van der Waals surface area contributed by atoms with E-state index in [1.54, 1.807) is 6.07 Å². The summed E-state index contributed by atoms with van der Waals surface area (Å²) in [5.74, 6) is 0.512. The molecule has 3 heterocycles. The van der Waals surface area contributed by atoms with Crippen molar-refractivity contribution in [3.8, 4) is 0 Å². The van der Waals surface area contributed by atoms with Gasteiger partial charge in [-0.2, -0.15) is 13.2 Å². The molecule has 1 fully saturated rings. The summed E-state index contributed by atoms with van der Waals surface area (Å²) in [5, 5.41) is 5.93. The number of amides is 2. The second-order valence-corrected chi connectivity index (χ2v) is 12.8. The SMILES string of the molecule is CN(C)CCCC(=O)N1CCC(c2ccc(Nc3ncc(C(F)(F)F)c(CCc4cccc5c4C(C)(C)C(=O)N5)n3)cc2)CC1. The van der Waals surface area contributed by atoms with Crippen molar-refractivity contribution in [1.82, 2.24) is 19.8 Å². The quantitative estimate of drug-likeness (QED) is 0.276. The average Bonchev–Trinajstić information content (AvgIpc) is 3.23. The van der Waals surface area contributed by atoms with Gasteiger partial charge in [0.25, 0.3) is 0 Å². The van der Waals surface area contributed by atoms with Crippen LogP contribution in [-0.4, -0.2) is 65.3 Å². The molecule has 11 heteroatoms. The Balaban J connectivity index is 1.23. The van der Waals surface area contributed by atoms with Crippen molar-refractivity contribution in [2.75, 3.05) is 44.4 Å². The lowest BCUT2D eigenvalue weighted by Crippen LogP contribution is -2.38. The van der Waals surface area contributed by atoms with E-state index in [0.717, 1.165) is 56.2 Å². The summed E-state index contributed by atoms with van der Waals surface area (Å²) in [6, 6.07) is 13.3. The number of aromatic nitrogens is 2. The number of alkyl halides is 3. The van der Waals surface area contributed by atoms with Gasteiger partial charge in [-0.15, -0.1) is 0 Å².